The second kappa shape index (κ2) is 8.36. The van der Waals surface area contributed by atoms with Gasteiger partial charge in [0.2, 0.25) is 0 Å². The Morgan fingerprint density at radius 1 is 1.38 bits per heavy atom. The van der Waals surface area contributed by atoms with Gasteiger partial charge in [-0.25, -0.2) is 0 Å². The van der Waals surface area contributed by atoms with Crippen molar-refractivity contribution in [3.05, 3.63) is 0 Å². The Balaban J connectivity index is 3.12. The monoisotopic (exact) mass is 206 g/mol. The molecule has 0 aromatic heterocycles. The van der Waals surface area contributed by atoms with Crippen LogP contribution in [0.1, 0.15) is 45.4 Å². The lowest BCUT2D eigenvalue weighted by molar-refractivity contribution is -0.140. The minimum absolute atomic E-state index is 0.113. The summed E-state index contributed by atoms with van der Waals surface area (Å²) in [6.07, 6.45) is 5.71. The number of alkyl halides is 1. The number of carbonyl (C=O) groups is 1. The predicted molar refractivity (Wildman–Crippen MR) is 55.0 cm³/mol. The van der Waals surface area contributed by atoms with E-state index in [0.29, 0.717) is 11.8 Å². The molecule has 2 nitrogen and oxygen atoms in total. The van der Waals surface area contributed by atoms with Crippen molar-refractivity contribution in [1.82, 2.24) is 0 Å². The van der Waals surface area contributed by atoms with Gasteiger partial charge in [0, 0.05) is 11.8 Å². The molecule has 0 aromatic carbocycles. The highest BCUT2D eigenvalue weighted by atomic mass is 35.5. The zero-order valence-corrected chi connectivity index (χ0v) is 9.27. The van der Waals surface area contributed by atoms with Crippen molar-refractivity contribution in [2.24, 2.45) is 0 Å². The van der Waals surface area contributed by atoms with Crippen LogP contribution in [-0.4, -0.2) is 18.5 Å². The molecule has 0 spiro atoms. The number of hydrogen-bond acceptors (Lipinski definition) is 2. The van der Waals surface area contributed by atoms with E-state index in [1.165, 1.54) is 7.11 Å². The van der Waals surface area contributed by atoms with Crippen molar-refractivity contribution in [2.75, 3.05) is 7.11 Å². The molecular weight excluding hydrogens is 188 g/mol. The highest BCUT2D eigenvalue weighted by Crippen LogP contribution is 2.12. The number of unbranched alkanes of at least 4 members (excludes halogenated alkanes) is 2. The average molecular weight is 207 g/mol. The topological polar surface area (TPSA) is 26.3 Å². The maximum Gasteiger partial charge on any atom is 0.305 e. The van der Waals surface area contributed by atoms with E-state index in [1.54, 1.807) is 0 Å². The minimum atomic E-state index is -0.113. The first-order valence-electron chi connectivity index (χ1n) is 4.91. The van der Waals surface area contributed by atoms with Gasteiger partial charge in [0.25, 0.3) is 0 Å². The molecule has 0 radical (unpaired) electrons. The van der Waals surface area contributed by atoms with Crippen LogP contribution < -0.4 is 0 Å². The summed E-state index contributed by atoms with van der Waals surface area (Å²) in [7, 11) is 1.42. The Bertz CT molecular complexity index is 137. The van der Waals surface area contributed by atoms with Crippen molar-refractivity contribution in [1.29, 1.82) is 0 Å². The van der Waals surface area contributed by atoms with Crippen LogP contribution in [0.4, 0.5) is 0 Å². The van der Waals surface area contributed by atoms with E-state index < -0.39 is 0 Å². The van der Waals surface area contributed by atoms with Crippen molar-refractivity contribution < 1.29 is 9.53 Å². The zero-order valence-electron chi connectivity index (χ0n) is 8.51. The fourth-order valence-corrected chi connectivity index (χ4v) is 1.27. The Hall–Kier alpha value is -0.240. The fourth-order valence-electron chi connectivity index (χ4n) is 1.12. The highest BCUT2D eigenvalue weighted by molar-refractivity contribution is 6.20. The third-order valence-electron chi connectivity index (χ3n) is 2.07. The molecule has 0 fully saturated rings. The summed E-state index contributed by atoms with van der Waals surface area (Å²) < 4.78 is 4.53. The number of carbonyl (C=O) groups excluding carboxylic acids is 1. The molecule has 3 heteroatoms. The molecule has 0 aromatic rings. The third kappa shape index (κ3) is 8.10. The molecule has 0 bridgehead atoms. The Morgan fingerprint density at radius 2 is 2.08 bits per heavy atom. The molecule has 0 heterocycles. The van der Waals surface area contributed by atoms with Gasteiger partial charge in [0.05, 0.1) is 7.11 Å². The van der Waals surface area contributed by atoms with Crippen LogP contribution in [0.5, 0.6) is 0 Å². The highest BCUT2D eigenvalue weighted by Gasteiger charge is 2.02. The molecule has 0 aliphatic rings. The molecule has 1 atom stereocenters. The van der Waals surface area contributed by atoms with Crippen LogP contribution in [0.25, 0.3) is 0 Å². The zero-order chi connectivity index (χ0) is 10.1. The van der Waals surface area contributed by atoms with E-state index in [2.05, 4.69) is 11.7 Å². The standard InChI is InChI=1S/C10H19ClO2/c1-3-9(11)7-5-4-6-8-10(12)13-2/h9H,3-8H2,1-2H3. The van der Waals surface area contributed by atoms with Gasteiger partial charge in [-0.05, 0) is 19.3 Å². The van der Waals surface area contributed by atoms with Gasteiger partial charge >= 0.3 is 5.97 Å². The van der Waals surface area contributed by atoms with E-state index in [-0.39, 0.29) is 5.97 Å². The van der Waals surface area contributed by atoms with Crippen LogP contribution in [0.2, 0.25) is 0 Å². The van der Waals surface area contributed by atoms with E-state index >= 15 is 0 Å². The number of halogens is 1. The minimum Gasteiger partial charge on any atom is -0.469 e. The largest absolute Gasteiger partial charge is 0.469 e. The Labute approximate surface area is 85.6 Å². The second-order valence-electron chi connectivity index (χ2n) is 3.18. The number of esters is 1. The molecule has 78 valence electrons. The lowest BCUT2D eigenvalue weighted by Crippen LogP contribution is -2.00. The van der Waals surface area contributed by atoms with E-state index in [1.807, 2.05) is 0 Å². The van der Waals surface area contributed by atoms with Crippen LogP contribution >= 0.6 is 11.6 Å². The van der Waals surface area contributed by atoms with Crippen molar-refractivity contribution >= 4 is 17.6 Å². The molecule has 0 rings (SSSR count). The smallest absolute Gasteiger partial charge is 0.305 e. The molecule has 13 heavy (non-hydrogen) atoms. The predicted octanol–water partition coefficient (Wildman–Crippen LogP) is 3.13. The summed E-state index contributed by atoms with van der Waals surface area (Å²) in [6.45, 7) is 2.09. The number of hydrogen-bond donors (Lipinski definition) is 0. The van der Waals surface area contributed by atoms with Crippen LogP contribution in [0.15, 0.2) is 0 Å². The maximum absolute atomic E-state index is 10.7. The summed E-state index contributed by atoms with van der Waals surface area (Å²) in [5, 5.41) is 0.304. The summed E-state index contributed by atoms with van der Waals surface area (Å²) in [6, 6.07) is 0. The molecule has 0 N–H and O–H groups in total. The van der Waals surface area contributed by atoms with E-state index in [4.69, 9.17) is 11.6 Å². The Kier molecular flexibility index (Phi) is 8.21. The average Bonchev–Trinajstić information content (AvgIpc) is 2.16. The number of rotatable bonds is 7. The van der Waals surface area contributed by atoms with Gasteiger partial charge < -0.3 is 4.74 Å². The molecule has 0 saturated heterocycles. The van der Waals surface area contributed by atoms with Gasteiger partial charge in [-0.1, -0.05) is 19.8 Å². The van der Waals surface area contributed by atoms with E-state index in [9.17, 15) is 4.79 Å². The van der Waals surface area contributed by atoms with Crippen molar-refractivity contribution in [3.63, 3.8) is 0 Å². The van der Waals surface area contributed by atoms with Gasteiger partial charge in [0.1, 0.15) is 0 Å². The number of methoxy groups -OCH3 is 1. The summed E-state index contributed by atoms with van der Waals surface area (Å²) in [5.74, 6) is -0.113. The van der Waals surface area contributed by atoms with Gasteiger partial charge in [-0.3, -0.25) is 4.79 Å². The third-order valence-corrected chi connectivity index (χ3v) is 2.60. The summed E-state index contributed by atoms with van der Waals surface area (Å²) in [5.41, 5.74) is 0. The molecule has 1 unspecified atom stereocenters. The Morgan fingerprint density at radius 3 is 2.62 bits per heavy atom. The van der Waals surface area contributed by atoms with Crippen molar-refractivity contribution in [3.8, 4) is 0 Å². The maximum atomic E-state index is 10.7. The lowest BCUT2D eigenvalue weighted by atomic mass is 10.1. The van der Waals surface area contributed by atoms with Gasteiger partial charge in [-0.2, -0.15) is 0 Å². The fraction of sp³-hybridized carbons (Fsp3) is 0.900. The molecule has 0 aliphatic carbocycles. The second-order valence-corrected chi connectivity index (χ2v) is 3.80. The first-order valence-corrected chi connectivity index (χ1v) is 5.35. The quantitative estimate of drug-likeness (QED) is 0.364. The molecular formula is C10H19ClO2. The van der Waals surface area contributed by atoms with Crippen LogP contribution in [-0.2, 0) is 9.53 Å². The first kappa shape index (κ1) is 12.8. The summed E-state index contributed by atoms with van der Waals surface area (Å²) >= 11 is 5.94. The SMILES string of the molecule is CCC(Cl)CCCCCC(=O)OC. The first-order chi connectivity index (χ1) is 6.20. The lowest BCUT2D eigenvalue weighted by Gasteiger charge is -2.04. The normalized spacial score (nSPS) is 12.5. The van der Waals surface area contributed by atoms with Crippen LogP contribution in [0, 0.1) is 0 Å². The number of ether oxygens (including phenoxy) is 1. The molecule has 0 amide bonds. The van der Waals surface area contributed by atoms with Crippen molar-refractivity contribution in [2.45, 2.75) is 50.8 Å². The van der Waals surface area contributed by atoms with Crippen LogP contribution in [0.3, 0.4) is 0 Å². The summed E-state index contributed by atoms with van der Waals surface area (Å²) in [4.78, 5) is 10.7. The van der Waals surface area contributed by atoms with E-state index in [0.717, 1.165) is 32.1 Å². The van der Waals surface area contributed by atoms with Gasteiger partial charge in [-0.15, -0.1) is 11.6 Å². The molecule has 0 aliphatic heterocycles. The molecule has 0 saturated carbocycles. The van der Waals surface area contributed by atoms with Gasteiger partial charge in [0.15, 0.2) is 0 Å².